The molecule has 0 radical (unpaired) electrons. The zero-order chi connectivity index (χ0) is 16.3. The molecule has 0 fully saturated rings. The number of carbonyl (C=O) groups is 2. The summed E-state index contributed by atoms with van der Waals surface area (Å²) in [6, 6.07) is 9.42. The van der Waals surface area contributed by atoms with Gasteiger partial charge >= 0.3 is 5.97 Å². The van der Waals surface area contributed by atoms with Crippen LogP contribution >= 0.6 is 0 Å². The number of amides is 1. The van der Waals surface area contributed by atoms with Crippen molar-refractivity contribution >= 4 is 11.9 Å². The molecule has 21 heavy (non-hydrogen) atoms. The predicted octanol–water partition coefficient (Wildman–Crippen LogP) is 0.706. The van der Waals surface area contributed by atoms with E-state index in [0.29, 0.717) is 6.54 Å². The van der Waals surface area contributed by atoms with E-state index >= 15 is 0 Å². The Balaban J connectivity index is 0.000000690. The number of hydrogen-bond donors (Lipinski definition) is 4. The summed E-state index contributed by atoms with van der Waals surface area (Å²) in [5.74, 6) is -0.820. The lowest BCUT2D eigenvalue weighted by Gasteiger charge is -2.17. The maximum absolute atomic E-state index is 11.7. The van der Waals surface area contributed by atoms with Crippen LogP contribution in [0.3, 0.4) is 0 Å². The third kappa shape index (κ3) is 8.78. The van der Waals surface area contributed by atoms with Gasteiger partial charge in [0.1, 0.15) is 0 Å². The van der Waals surface area contributed by atoms with E-state index in [9.17, 15) is 9.59 Å². The Hall–Kier alpha value is -1.92. The number of nitrogens with two attached hydrogens (primary N) is 2. The average Bonchev–Trinajstić information content (AvgIpc) is 2.52. The quantitative estimate of drug-likeness (QED) is 0.616. The highest BCUT2D eigenvalue weighted by atomic mass is 16.4. The fourth-order valence-electron chi connectivity index (χ4n) is 1.42. The van der Waals surface area contributed by atoms with E-state index in [1.807, 2.05) is 44.2 Å². The summed E-state index contributed by atoms with van der Waals surface area (Å²) >= 11 is 0. The summed E-state index contributed by atoms with van der Waals surface area (Å²) in [7, 11) is 0. The first-order valence-corrected chi connectivity index (χ1v) is 6.91. The number of benzene rings is 1. The largest absolute Gasteiger partial charge is 0.480 e. The monoisotopic (exact) mass is 295 g/mol. The molecule has 0 saturated carbocycles. The van der Waals surface area contributed by atoms with Gasteiger partial charge < -0.3 is 21.9 Å². The van der Waals surface area contributed by atoms with Gasteiger partial charge in [-0.05, 0) is 11.5 Å². The summed E-state index contributed by atoms with van der Waals surface area (Å²) in [5.41, 5.74) is 11.5. The van der Waals surface area contributed by atoms with Crippen molar-refractivity contribution in [2.24, 2.45) is 17.4 Å². The number of nitrogens with one attached hydrogen (secondary N) is 1. The van der Waals surface area contributed by atoms with E-state index in [2.05, 4.69) is 11.1 Å². The molecular formula is C15H25N3O3. The second kappa shape index (κ2) is 10.8. The molecular weight excluding hydrogens is 270 g/mol. The van der Waals surface area contributed by atoms with E-state index in [4.69, 9.17) is 10.8 Å². The highest BCUT2D eigenvalue weighted by Gasteiger charge is 2.18. The lowest BCUT2D eigenvalue weighted by molar-refractivity contribution is -0.135. The molecule has 0 aromatic heterocycles. The summed E-state index contributed by atoms with van der Waals surface area (Å²) in [5, 5.41) is 10.4. The molecule has 0 saturated heterocycles. The maximum Gasteiger partial charge on any atom is 0.317 e. The molecule has 2 atom stereocenters. The minimum Gasteiger partial charge on any atom is -0.480 e. The molecule has 0 aliphatic heterocycles. The fourth-order valence-corrected chi connectivity index (χ4v) is 1.42. The Morgan fingerprint density at radius 3 is 2.24 bits per heavy atom. The van der Waals surface area contributed by atoms with Crippen LogP contribution in [0.25, 0.3) is 0 Å². The van der Waals surface area contributed by atoms with Gasteiger partial charge in [0.05, 0.1) is 12.6 Å². The fraction of sp³-hybridized carbons (Fsp3) is 0.467. The van der Waals surface area contributed by atoms with Gasteiger partial charge in [0.2, 0.25) is 5.91 Å². The Bertz CT molecular complexity index is 423. The minimum absolute atomic E-state index is 0.0711. The lowest BCUT2D eigenvalue weighted by atomic mass is 9.99. The normalized spacial score (nSPS) is 12.6. The van der Waals surface area contributed by atoms with Crippen LogP contribution in [0, 0.1) is 5.92 Å². The van der Waals surface area contributed by atoms with E-state index < -0.39 is 12.0 Å². The first-order valence-electron chi connectivity index (χ1n) is 6.91. The van der Waals surface area contributed by atoms with Gasteiger partial charge in [-0.1, -0.05) is 50.6 Å². The molecule has 1 aromatic rings. The van der Waals surface area contributed by atoms with Gasteiger partial charge in [-0.15, -0.1) is 0 Å². The third-order valence-corrected chi connectivity index (χ3v) is 3.04. The Labute approximate surface area is 125 Å². The number of carboxylic acids is 1. The first-order chi connectivity index (χ1) is 9.92. The summed E-state index contributed by atoms with van der Waals surface area (Å²) < 4.78 is 0. The molecule has 0 bridgehead atoms. The molecule has 2 unspecified atom stereocenters. The second-order valence-electron chi connectivity index (χ2n) is 4.71. The van der Waals surface area contributed by atoms with Gasteiger partial charge in [0, 0.05) is 6.54 Å². The number of carboxylic acid groups (broad SMARTS) is 1. The highest BCUT2D eigenvalue weighted by molar-refractivity contribution is 5.81. The van der Waals surface area contributed by atoms with Crippen LogP contribution in [0.15, 0.2) is 30.3 Å². The van der Waals surface area contributed by atoms with Crippen molar-refractivity contribution in [3.05, 3.63) is 35.9 Å². The van der Waals surface area contributed by atoms with Crippen LogP contribution in [-0.4, -0.2) is 29.6 Å². The third-order valence-electron chi connectivity index (χ3n) is 3.04. The summed E-state index contributed by atoms with van der Waals surface area (Å²) in [4.78, 5) is 20.9. The number of aliphatic carboxylic acids is 1. The predicted molar refractivity (Wildman–Crippen MR) is 82.4 cm³/mol. The van der Waals surface area contributed by atoms with Gasteiger partial charge in [0.25, 0.3) is 0 Å². The average molecular weight is 295 g/mol. The van der Waals surface area contributed by atoms with Gasteiger partial charge in [-0.2, -0.15) is 0 Å². The number of hydrogen-bond acceptors (Lipinski definition) is 4. The molecule has 0 aliphatic carbocycles. The van der Waals surface area contributed by atoms with E-state index in [1.165, 1.54) is 0 Å². The van der Waals surface area contributed by atoms with Crippen LogP contribution in [-0.2, 0) is 16.1 Å². The van der Waals surface area contributed by atoms with Crippen molar-refractivity contribution in [3.8, 4) is 0 Å². The van der Waals surface area contributed by atoms with E-state index in [-0.39, 0.29) is 18.4 Å². The van der Waals surface area contributed by atoms with E-state index in [1.54, 1.807) is 0 Å². The smallest absolute Gasteiger partial charge is 0.317 e. The molecule has 0 aliphatic rings. The van der Waals surface area contributed by atoms with Crippen molar-refractivity contribution in [1.82, 2.24) is 5.32 Å². The van der Waals surface area contributed by atoms with Gasteiger partial charge in [0.15, 0.2) is 0 Å². The van der Waals surface area contributed by atoms with Crippen LogP contribution in [0.5, 0.6) is 0 Å². The molecule has 1 aromatic carbocycles. The van der Waals surface area contributed by atoms with Crippen molar-refractivity contribution in [2.75, 3.05) is 6.54 Å². The number of carbonyl (C=O) groups excluding carboxylic acids is 1. The molecule has 1 amide bonds. The SMILES string of the molecule is CCC(C)C(N)C(=O)NCc1ccccc1.NCC(=O)O. The zero-order valence-corrected chi connectivity index (χ0v) is 12.6. The Morgan fingerprint density at radius 1 is 1.29 bits per heavy atom. The minimum atomic E-state index is -0.968. The highest BCUT2D eigenvalue weighted by Crippen LogP contribution is 2.05. The maximum atomic E-state index is 11.7. The van der Waals surface area contributed by atoms with Gasteiger partial charge in [-0.25, -0.2) is 0 Å². The van der Waals surface area contributed by atoms with Crippen LogP contribution in [0.4, 0.5) is 0 Å². The Kier molecular flexibility index (Phi) is 9.83. The summed E-state index contributed by atoms with van der Waals surface area (Å²) in [6.45, 7) is 4.30. The van der Waals surface area contributed by atoms with Crippen LogP contribution < -0.4 is 16.8 Å². The van der Waals surface area contributed by atoms with Crippen molar-refractivity contribution in [3.63, 3.8) is 0 Å². The summed E-state index contributed by atoms with van der Waals surface area (Å²) in [6.07, 6.45) is 0.917. The van der Waals surface area contributed by atoms with Crippen LogP contribution in [0.1, 0.15) is 25.8 Å². The molecule has 6 N–H and O–H groups in total. The number of rotatable bonds is 6. The topological polar surface area (TPSA) is 118 Å². The Morgan fingerprint density at radius 2 is 1.81 bits per heavy atom. The first kappa shape index (κ1) is 19.1. The van der Waals surface area contributed by atoms with Crippen molar-refractivity contribution < 1.29 is 14.7 Å². The van der Waals surface area contributed by atoms with Crippen molar-refractivity contribution in [1.29, 1.82) is 0 Å². The van der Waals surface area contributed by atoms with E-state index in [0.717, 1.165) is 12.0 Å². The molecule has 0 spiro atoms. The van der Waals surface area contributed by atoms with Gasteiger partial charge in [-0.3, -0.25) is 9.59 Å². The lowest BCUT2D eigenvalue weighted by Crippen LogP contribution is -2.44. The second-order valence-corrected chi connectivity index (χ2v) is 4.71. The molecule has 6 nitrogen and oxygen atoms in total. The van der Waals surface area contributed by atoms with Crippen molar-refractivity contribution in [2.45, 2.75) is 32.9 Å². The zero-order valence-electron chi connectivity index (χ0n) is 12.6. The molecule has 1 rings (SSSR count). The molecule has 0 heterocycles. The standard InChI is InChI=1S/C13H20N2O.C2H5NO2/c1-3-10(2)12(14)13(16)15-9-11-7-5-4-6-8-11;3-1-2(4)5/h4-8,10,12H,3,9,14H2,1-2H3,(H,15,16);1,3H2,(H,4,5). The molecule has 6 heteroatoms. The van der Waals surface area contributed by atoms with Crippen LogP contribution in [0.2, 0.25) is 0 Å². The molecule has 118 valence electrons.